The molecule has 1 heterocycles. The molecule has 3 aromatic carbocycles. The smallest absolute Gasteiger partial charge is 0.407 e. The van der Waals surface area contributed by atoms with Crippen LogP contribution in [-0.4, -0.2) is 68.3 Å². The van der Waals surface area contributed by atoms with Gasteiger partial charge in [0.05, 0.1) is 4.90 Å². The number of carbonyl (C=O) groups is 3. The second kappa shape index (κ2) is 16.1. The second-order valence-corrected chi connectivity index (χ2v) is 16.7. The minimum Gasteiger partial charge on any atom is -0.487 e. The van der Waals surface area contributed by atoms with Crippen molar-refractivity contribution in [2.45, 2.75) is 103 Å². The molecule has 3 aromatic rings. The minimum absolute atomic E-state index is 0.00205. The van der Waals surface area contributed by atoms with Crippen LogP contribution in [0, 0.1) is 26.7 Å². The van der Waals surface area contributed by atoms with Crippen LogP contribution in [0.3, 0.4) is 0 Å². The number of benzene rings is 3. The Labute approximate surface area is 317 Å². The van der Waals surface area contributed by atoms with Crippen molar-refractivity contribution in [3.8, 4) is 16.9 Å². The molecule has 2 amide bonds. The number of nitrogens with two attached hydrogens (primary N) is 1. The van der Waals surface area contributed by atoms with E-state index in [0.29, 0.717) is 23.3 Å². The molecule has 0 saturated carbocycles. The highest BCUT2D eigenvalue weighted by Crippen LogP contribution is 2.45. The number of aliphatic imine (C=N–C) groups is 1. The lowest BCUT2D eigenvalue weighted by atomic mass is 9.94. The summed E-state index contributed by atoms with van der Waals surface area (Å²) in [6.45, 7) is 12.9. The largest absolute Gasteiger partial charge is 0.487 e. The number of nitrogens with one attached hydrogen (secondary N) is 3. The van der Waals surface area contributed by atoms with Crippen LogP contribution in [0.25, 0.3) is 11.1 Å². The highest BCUT2D eigenvalue weighted by Gasteiger charge is 2.37. The SMILES string of the molecule is Cc1c(C)c(S(=O)(=O)NC(N)=NCCC[C@H](NC(=O)OCC2c3ccccc3-c3ccccc32)C(=O)N[C@@H](CC(C)C)C(=O)O)c(C)c2c1OC(C)(C)C2. The molecule has 2 aliphatic rings. The first-order chi connectivity index (χ1) is 25.4. The first-order valence-electron chi connectivity index (χ1n) is 18.2. The van der Waals surface area contributed by atoms with E-state index in [-0.39, 0.29) is 55.1 Å². The summed E-state index contributed by atoms with van der Waals surface area (Å²) in [5.74, 6) is -1.74. The topological polar surface area (TPSA) is 199 Å². The van der Waals surface area contributed by atoms with E-state index >= 15 is 0 Å². The Kier molecular flexibility index (Phi) is 11.9. The number of amides is 2. The van der Waals surface area contributed by atoms with Gasteiger partial charge in [0, 0.05) is 24.4 Å². The Morgan fingerprint density at radius 1 is 0.963 bits per heavy atom. The van der Waals surface area contributed by atoms with Gasteiger partial charge in [0.25, 0.3) is 10.0 Å². The van der Waals surface area contributed by atoms with Gasteiger partial charge in [-0.1, -0.05) is 62.4 Å². The molecule has 0 aromatic heterocycles. The van der Waals surface area contributed by atoms with E-state index in [1.54, 1.807) is 13.8 Å². The number of sulfonamides is 1. The number of hydrogen-bond donors (Lipinski definition) is 5. The van der Waals surface area contributed by atoms with Crippen molar-refractivity contribution in [3.63, 3.8) is 0 Å². The van der Waals surface area contributed by atoms with Gasteiger partial charge in [0.15, 0.2) is 0 Å². The summed E-state index contributed by atoms with van der Waals surface area (Å²) in [6, 6.07) is 13.5. The molecule has 2 atom stereocenters. The Morgan fingerprint density at radius 2 is 1.57 bits per heavy atom. The Bertz CT molecular complexity index is 2030. The zero-order chi connectivity index (χ0) is 39.5. The summed E-state index contributed by atoms with van der Waals surface area (Å²) >= 11 is 0. The molecule has 14 heteroatoms. The molecule has 5 rings (SSSR count). The van der Waals surface area contributed by atoms with Gasteiger partial charge in [-0.05, 0) is 98.7 Å². The lowest BCUT2D eigenvalue weighted by Gasteiger charge is -2.22. The van der Waals surface area contributed by atoms with Crippen LogP contribution in [0.2, 0.25) is 0 Å². The van der Waals surface area contributed by atoms with Gasteiger partial charge in [-0.2, -0.15) is 0 Å². The molecular weight excluding hydrogens is 711 g/mol. The average molecular weight is 762 g/mol. The summed E-state index contributed by atoms with van der Waals surface area (Å²) in [6.07, 6.45) is 0.130. The minimum atomic E-state index is -4.12. The number of guanidine groups is 1. The summed E-state index contributed by atoms with van der Waals surface area (Å²) in [4.78, 5) is 42.9. The van der Waals surface area contributed by atoms with Gasteiger partial charge in [-0.15, -0.1) is 0 Å². The second-order valence-electron chi connectivity index (χ2n) is 15.1. The zero-order valence-corrected chi connectivity index (χ0v) is 32.7. The standard InChI is InChI=1S/C40H51N5O8S/c1-22(2)19-33(37(47)48)43-36(46)32(44-39(49)52-21-31-28-15-10-8-13-26(28)27-14-9-11-16-29(27)31)17-12-18-42-38(41)45-54(50,51)35-24(4)23(3)34-30(25(35)5)20-40(6,7)53-34/h8-11,13-16,22,31-33H,12,17-21H2,1-7H3,(H,43,46)(H,44,49)(H,47,48)(H3,41,42,45)/t32-,33-/m0/s1. The number of carbonyl (C=O) groups excluding carboxylic acids is 2. The van der Waals surface area contributed by atoms with Crippen molar-refractivity contribution in [2.24, 2.45) is 16.6 Å². The van der Waals surface area contributed by atoms with Crippen molar-refractivity contribution in [1.82, 2.24) is 15.4 Å². The molecule has 54 heavy (non-hydrogen) atoms. The fraction of sp³-hybridized carbons (Fsp3) is 0.450. The number of nitrogens with zero attached hydrogens (tertiary/aromatic N) is 1. The number of carboxylic acid groups (broad SMARTS) is 1. The third kappa shape index (κ3) is 8.81. The van der Waals surface area contributed by atoms with Gasteiger partial charge in [-0.25, -0.2) is 22.7 Å². The number of rotatable bonds is 14. The van der Waals surface area contributed by atoms with E-state index in [1.807, 2.05) is 83.1 Å². The summed E-state index contributed by atoms with van der Waals surface area (Å²) in [5.41, 5.74) is 12.5. The number of aliphatic carboxylic acids is 1. The molecule has 0 saturated heterocycles. The fourth-order valence-corrected chi connectivity index (χ4v) is 8.90. The van der Waals surface area contributed by atoms with Crippen LogP contribution in [0.5, 0.6) is 5.75 Å². The molecule has 0 unspecified atom stereocenters. The van der Waals surface area contributed by atoms with Crippen molar-refractivity contribution in [1.29, 1.82) is 0 Å². The van der Waals surface area contributed by atoms with Crippen molar-refractivity contribution >= 4 is 34.0 Å². The molecule has 1 aliphatic heterocycles. The summed E-state index contributed by atoms with van der Waals surface area (Å²) in [7, 11) is -4.12. The van der Waals surface area contributed by atoms with E-state index in [4.69, 9.17) is 15.2 Å². The maximum absolute atomic E-state index is 13.6. The van der Waals surface area contributed by atoms with Gasteiger partial charge >= 0.3 is 12.1 Å². The number of carboxylic acids is 1. The van der Waals surface area contributed by atoms with Crippen LogP contribution in [0.15, 0.2) is 58.4 Å². The van der Waals surface area contributed by atoms with E-state index in [2.05, 4.69) is 20.3 Å². The van der Waals surface area contributed by atoms with Gasteiger partial charge < -0.3 is 30.9 Å². The number of hydrogen-bond acceptors (Lipinski definition) is 8. The molecule has 1 aliphatic carbocycles. The maximum Gasteiger partial charge on any atom is 0.407 e. The molecule has 6 N–H and O–H groups in total. The summed E-state index contributed by atoms with van der Waals surface area (Å²) < 4.78 is 41.4. The number of fused-ring (bicyclic) bond motifs is 4. The number of ether oxygens (including phenoxy) is 2. The monoisotopic (exact) mass is 761 g/mol. The highest BCUT2D eigenvalue weighted by molar-refractivity contribution is 7.90. The number of alkyl carbamates (subject to hydrolysis) is 1. The van der Waals surface area contributed by atoms with Gasteiger partial charge in [-0.3, -0.25) is 9.79 Å². The first-order valence-corrected chi connectivity index (χ1v) is 19.7. The van der Waals surface area contributed by atoms with Crippen LogP contribution >= 0.6 is 0 Å². The molecule has 0 bridgehead atoms. The normalized spacial score (nSPS) is 15.7. The van der Waals surface area contributed by atoms with Crippen molar-refractivity contribution < 1.29 is 37.4 Å². The van der Waals surface area contributed by atoms with E-state index < -0.39 is 45.7 Å². The molecule has 0 fully saturated rings. The molecule has 0 radical (unpaired) electrons. The third-order valence-corrected chi connectivity index (χ3v) is 11.6. The van der Waals surface area contributed by atoms with Crippen LogP contribution in [-0.2, 0) is 30.8 Å². The quantitative estimate of drug-likeness (QED) is 0.0831. The lowest BCUT2D eigenvalue weighted by molar-refractivity contribution is -0.142. The predicted molar refractivity (Wildman–Crippen MR) is 206 cm³/mol. The van der Waals surface area contributed by atoms with E-state index in [9.17, 15) is 27.9 Å². The van der Waals surface area contributed by atoms with Gasteiger partial charge in [0.1, 0.15) is 30.0 Å². The third-order valence-electron chi connectivity index (χ3n) is 10.0. The highest BCUT2D eigenvalue weighted by atomic mass is 32.2. The molecule has 290 valence electrons. The maximum atomic E-state index is 13.6. The molecular formula is C40H51N5O8S. The van der Waals surface area contributed by atoms with E-state index in [0.717, 1.165) is 33.4 Å². The molecule has 13 nitrogen and oxygen atoms in total. The zero-order valence-electron chi connectivity index (χ0n) is 31.9. The Hall–Kier alpha value is -5.11. The molecule has 0 spiro atoms. The van der Waals surface area contributed by atoms with Crippen LogP contribution < -0.4 is 25.8 Å². The average Bonchev–Trinajstić information content (AvgIpc) is 3.60. The van der Waals surface area contributed by atoms with Gasteiger partial charge in [0.2, 0.25) is 11.9 Å². The van der Waals surface area contributed by atoms with Crippen molar-refractivity contribution in [3.05, 3.63) is 81.9 Å². The Balaban J connectivity index is 1.25. The first kappa shape index (κ1) is 40.1. The predicted octanol–water partition coefficient (Wildman–Crippen LogP) is 5.22. The van der Waals surface area contributed by atoms with Crippen LogP contribution in [0.1, 0.15) is 86.3 Å². The van der Waals surface area contributed by atoms with E-state index in [1.165, 1.54) is 0 Å². The summed E-state index contributed by atoms with van der Waals surface area (Å²) in [5, 5.41) is 14.9. The Morgan fingerprint density at radius 3 is 2.17 bits per heavy atom. The lowest BCUT2D eigenvalue weighted by Crippen LogP contribution is -2.52. The van der Waals surface area contributed by atoms with Crippen LogP contribution in [0.4, 0.5) is 4.79 Å². The fourth-order valence-electron chi connectivity index (χ4n) is 7.38. The van der Waals surface area contributed by atoms with Crippen molar-refractivity contribution in [2.75, 3.05) is 13.2 Å².